The van der Waals surface area contributed by atoms with Gasteiger partial charge in [0.05, 0.1) is 4.92 Å². The zero-order valence-corrected chi connectivity index (χ0v) is 15.1. The Hall–Kier alpha value is -3.52. The number of nitro benzene ring substituents is 1. The topological polar surface area (TPSA) is 97.9 Å². The molecule has 0 bridgehead atoms. The first kappa shape index (κ1) is 18.3. The standard InChI is InChI=1S/C19H15N3O4S/c1-3-20-19-17(12(2)23)21-18(27-19)13-9-10-16(15(11-13)22(24)25)26-14-7-5-4-6-8-14/h3-11,23H,2H2,1H3/b20-3-. The molecule has 0 aliphatic heterocycles. The van der Waals surface area contributed by atoms with Crippen LogP contribution in [0.25, 0.3) is 16.3 Å². The highest BCUT2D eigenvalue weighted by molar-refractivity contribution is 7.19. The van der Waals surface area contributed by atoms with Gasteiger partial charge in [-0.25, -0.2) is 9.98 Å². The maximum Gasteiger partial charge on any atom is 0.312 e. The number of benzene rings is 2. The van der Waals surface area contributed by atoms with E-state index >= 15 is 0 Å². The van der Waals surface area contributed by atoms with Gasteiger partial charge in [0, 0.05) is 17.8 Å². The van der Waals surface area contributed by atoms with Gasteiger partial charge < -0.3 is 9.84 Å². The molecule has 0 amide bonds. The summed E-state index contributed by atoms with van der Waals surface area (Å²) >= 11 is 1.20. The van der Waals surface area contributed by atoms with E-state index in [0.717, 1.165) is 0 Å². The normalized spacial score (nSPS) is 10.9. The van der Waals surface area contributed by atoms with Crippen molar-refractivity contribution in [1.29, 1.82) is 0 Å². The number of aliphatic hydroxyl groups is 1. The van der Waals surface area contributed by atoms with Crippen LogP contribution in [-0.4, -0.2) is 21.2 Å². The molecule has 0 aliphatic carbocycles. The summed E-state index contributed by atoms with van der Waals surface area (Å²) in [5.41, 5.74) is 0.587. The van der Waals surface area contributed by atoms with Gasteiger partial charge in [-0.3, -0.25) is 10.1 Å². The fourth-order valence-electron chi connectivity index (χ4n) is 2.32. The smallest absolute Gasteiger partial charge is 0.312 e. The van der Waals surface area contributed by atoms with Crippen molar-refractivity contribution >= 4 is 34.0 Å². The van der Waals surface area contributed by atoms with Crippen molar-refractivity contribution in [2.75, 3.05) is 0 Å². The second-order valence-corrected chi connectivity index (χ2v) is 6.34. The van der Waals surface area contributed by atoms with E-state index in [1.807, 2.05) is 6.07 Å². The molecule has 7 nitrogen and oxygen atoms in total. The van der Waals surface area contributed by atoms with E-state index in [2.05, 4.69) is 16.6 Å². The van der Waals surface area contributed by atoms with Gasteiger partial charge in [-0.1, -0.05) is 36.1 Å². The third-order valence-corrected chi connectivity index (χ3v) is 4.52. The lowest BCUT2D eigenvalue weighted by Crippen LogP contribution is -1.94. The number of hydrogen-bond donors (Lipinski definition) is 1. The third kappa shape index (κ3) is 4.01. The molecule has 0 saturated heterocycles. The number of ether oxygens (including phenoxy) is 1. The van der Waals surface area contributed by atoms with Gasteiger partial charge in [-0.15, -0.1) is 0 Å². The van der Waals surface area contributed by atoms with Gasteiger partial charge in [-0.2, -0.15) is 0 Å². The number of aliphatic hydroxyl groups excluding tert-OH is 1. The molecule has 1 N–H and O–H groups in total. The first-order valence-corrected chi connectivity index (χ1v) is 8.70. The fraction of sp³-hybridized carbons (Fsp3) is 0.0526. The highest BCUT2D eigenvalue weighted by Gasteiger charge is 2.20. The molecule has 1 aromatic heterocycles. The van der Waals surface area contributed by atoms with Gasteiger partial charge >= 0.3 is 5.69 Å². The van der Waals surface area contributed by atoms with Crippen LogP contribution in [0.5, 0.6) is 11.5 Å². The summed E-state index contributed by atoms with van der Waals surface area (Å²) in [6.45, 7) is 5.22. The summed E-state index contributed by atoms with van der Waals surface area (Å²) in [7, 11) is 0. The Morgan fingerprint density at radius 2 is 2.07 bits per heavy atom. The maximum atomic E-state index is 11.5. The molecule has 8 heteroatoms. The van der Waals surface area contributed by atoms with Crippen LogP contribution in [0.4, 0.5) is 10.7 Å². The van der Waals surface area contributed by atoms with E-state index < -0.39 is 4.92 Å². The Labute approximate surface area is 159 Å². The lowest BCUT2D eigenvalue weighted by molar-refractivity contribution is -0.385. The Bertz CT molecular complexity index is 1030. The van der Waals surface area contributed by atoms with Crippen molar-refractivity contribution in [2.24, 2.45) is 4.99 Å². The molecule has 3 rings (SSSR count). The Kier molecular flexibility index (Phi) is 5.28. The number of nitrogens with zero attached hydrogens (tertiary/aromatic N) is 3. The zero-order valence-electron chi connectivity index (χ0n) is 14.3. The molecular weight excluding hydrogens is 366 g/mol. The van der Waals surface area contributed by atoms with Gasteiger partial charge in [0.2, 0.25) is 5.75 Å². The maximum absolute atomic E-state index is 11.5. The quantitative estimate of drug-likeness (QED) is 0.253. The largest absolute Gasteiger partial charge is 0.506 e. The molecule has 0 saturated carbocycles. The Balaban J connectivity index is 2.03. The van der Waals surface area contributed by atoms with Gasteiger partial charge in [0.25, 0.3) is 0 Å². The van der Waals surface area contributed by atoms with Crippen LogP contribution in [0.3, 0.4) is 0 Å². The van der Waals surface area contributed by atoms with Crippen molar-refractivity contribution in [1.82, 2.24) is 4.98 Å². The van der Waals surface area contributed by atoms with E-state index in [1.165, 1.54) is 23.5 Å². The molecule has 136 valence electrons. The van der Waals surface area contributed by atoms with Crippen molar-refractivity contribution in [3.8, 4) is 22.1 Å². The number of aromatic nitrogens is 1. The van der Waals surface area contributed by atoms with Crippen LogP contribution in [0.15, 0.2) is 60.1 Å². The van der Waals surface area contributed by atoms with Crippen LogP contribution in [-0.2, 0) is 0 Å². The average molecular weight is 381 g/mol. The summed E-state index contributed by atoms with van der Waals surface area (Å²) in [5.74, 6) is 0.419. The molecule has 27 heavy (non-hydrogen) atoms. The summed E-state index contributed by atoms with van der Waals surface area (Å²) in [5, 5.41) is 22.2. The van der Waals surface area contributed by atoms with E-state index in [9.17, 15) is 15.2 Å². The second-order valence-electron chi connectivity index (χ2n) is 5.36. The number of rotatable bonds is 6. The van der Waals surface area contributed by atoms with Crippen molar-refractivity contribution in [2.45, 2.75) is 6.92 Å². The van der Waals surface area contributed by atoms with Crippen LogP contribution in [0, 0.1) is 10.1 Å². The number of aliphatic imine (C=N–C) groups is 1. The third-order valence-electron chi connectivity index (χ3n) is 3.50. The first-order chi connectivity index (χ1) is 13.0. The van der Waals surface area contributed by atoms with Gasteiger partial charge in [-0.05, 0) is 31.2 Å². The Morgan fingerprint density at radius 3 is 2.70 bits per heavy atom. The van der Waals surface area contributed by atoms with Gasteiger partial charge in [0.15, 0.2) is 0 Å². The van der Waals surface area contributed by atoms with E-state index in [4.69, 9.17) is 4.74 Å². The molecule has 0 aliphatic rings. The molecule has 0 atom stereocenters. The summed E-state index contributed by atoms with van der Waals surface area (Å²) in [4.78, 5) is 19.5. The molecular formula is C19H15N3O4S. The summed E-state index contributed by atoms with van der Waals surface area (Å²) in [6.07, 6.45) is 1.57. The van der Waals surface area contributed by atoms with Crippen LogP contribution in [0.2, 0.25) is 0 Å². The minimum atomic E-state index is -0.508. The van der Waals surface area contributed by atoms with Crippen molar-refractivity contribution in [3.63, 3.8) is 0 Å². The second kappa shape index (κ2) is 7.79. The Morgan fingerprint density at radius 1 is 1.33 bits per heavy atom. The molecule has 0 unspecified atom stereocenters. The zero-order chi connectivity index (χ0) is 19.4. The molecule has 0 spiro atoms. The number of hydrogen-bond acceptors (Lipinski definition) is 7. The summed E-state index contributed by atoms with van der Waals surface area (Å²) in [6, 6.07) is 13.4. The monoisotopic (exact) mass is 381 g/mol. The van der Waals surface area contributed by atoms with E-state index in [1.54, 1.807) is 43.5 Å². The lowest BCUT2D eigenvalue weighted by Gasteiger charge is -2.07. The van der Waals surface area contributed by atoms with Crippen LogP contribution >= 0.6 is 11.3 Å². The first-order valence-electron chi connectivity index (χ1n) is 7.89. The molecule has 2 aromatic carbocycles. The minimum absolute atomic E-state index is 0.130. The van der Waals surface area contributed by atoms with Crippen LogP contribution in [0.1, 0.15) is 12.6 Å². The average Bonchev–Trinajstić information content (AvgIpc) is 3.07. The molecule has 1 heterocycles. The number of thiazole rings is 1. The fourth-order valence-corrected chi connectivity index (χ4v) is 3.31. The molecule has 0 fully saturated rings. The lowest BCUT2D eigenvalue weighted by atomic mass is 10.2. The van der Waals surface area contributed by atoms with Crippen LogP contribution < -0.4 is 4.74 Å². The van der Waals surface area contributed by atoms with E-state index in [0.29, 0.717) is 21.3 Å². The number of nitro groups is 1. The SMILES string of the molecule is C=C(O)c1nc(-c2ccc(Oc3ccccc3)c([N+](=O)[O-])c2)sc1/N=C\C. The van der Waals surface area contributed by atoms with E-state index in [-0.39, 0.29) is 22.9 Å². The highest BCUT2D eigenvalue weighted by atomic mass is 32.1. The molecule has 0 radical (unpaired) electrons. The van der Waals surface area contributed by atoms with Crippen molar-refractivity contribution < 1.29 is 14.8 Å². The summed E-state index contributed by atoms with van der Waals surface area (Å²) < 4.78 is 5.63. The van der Waals surface area contributed by atoms with Gasteiger partial charge in [0.1, 0.15) is 27.2 Å². The van der Waals surface area contributed by atoms with Crippen molar-refractivity contribution in [3.05, 3.63) is 70.9 Å². The predicted octanol–water partition coefficient (Wildman–Crippen LogP) is 5.76. The number of para-hydroxylation sites is 1. The molecule has 3 aromatic rings. The highest BCUT2D eigenvalue weighted by Crippen LogP contribution is 2.40. The minimum Gasteiger partial charge on any atom is -0.506 e. The predicted molar refractivity (Wildman–Crippen MR) is 106 cm³/mol.